The third-order valence-corrected chi connectivity index (χ3v) is 3.27. The highest BCUT2D eigenvalue weighted by molar-refractivity contribution is 5.68. The average molecular weight is 201 g/mol. The lowest BCUT2D eigenvalue weighted by Gasteiger charge is -2.41. The van der Waals surface area contributed by atoms with E-state index in [1.807, 2.05) is 13.8 Å². The molecule has 0 saturated heterocycles. The van der Waals surface area contributed by atoms with Crippen LogP contribution in [0.15, 0.2) is 0 Å². The summed E-state index contributed by atoms with van der Waals surface area (Å²) in [5.41, 5.74) is -0.201. The molecule has 1 amide bonds. The van der Waals surface area contributed by atoms with E-state index in [1.165, 1.54) is 0 Å². The molecular weight excluding hydrogens is 178 g/mol. The van der Waals surface area contributed by atoms with Gasteiger partial charge in [-0.25, -0.2) is 4.79 Å². The third-order valence-electron chi connectivity index (χ3n) is 3.27. The van der Waals surface area contributed by atoms with Gasteiger partial charge in [-0.05, 0) is 32.6 Å². The van der Waals surface area contributed by atoms with Gasteiger partial charge in [-0.15, -0.1) is 0 Å². The van der Waals surface area contributed by atoms with Gasteiger partial charge in [0, 0.05) is 5.54 Å². The molecule has 0 heterocycles. The molecular formula is C11H23NO2. The third kappa shape index (κ3) is 3.20. The summed E-state index contributed by atoms with van der Waals surface area (Å²) in [4.78, 5) is 11.3. The smallest absolute Gasteiger partial charge is 0.407 e. The van der Waals surface area contributed by atoms with Crippen LogP contribution in [0.5, 0.6) is 0 Å². The Kier molecular flexibility index (Phi) is 4.43. The molecule has 0 saturated carbocycles. The van der Waals surface area contributed by atoms with Crippen molar-refractivity contribution < 1.29 is 9.53 Å². The molecule has 0 rings (SSSR count). The monoisotopic (exact) mass is 201 g/mol. The number of hydrogen-bond donors (Lipinski definition) is 1. The largest absolute Gasteiger partial charge is 0.450 e. The lowest BCUT2D eigenvalue weighted by Crippen LogP contribution is -2.53. The van der Waals surface area contributed by atoms with Gasteiger partial charge in [-0.3, -0.25) is 0 Å². The summed E-state index contributed by atoms with van der Waals surface area (Å²) in [6, 6.07) is 0. The number of alkyl carbamates (subject to hydrolysis) is 1. The van der Waals surface area contributed by atoms with Crippen LogP contribution < -0.4 is 5.32 Å². The fourth-order valence-corrected chi connectivity index (χ4v) is 1.03. The maximum atomic E-state index is 11.3. The van der Waals surface area contributed by atoms with E-state index in [-0.39, 0.29) is 17.0 Å². The zero-order valence-electron chi connectivity index (χ0n) is 10.2. The van der Waals surface area contributed by atoms with E-state index in [9.17, 15) is 4.79 Å². The Bertz CT molecular complexity index is 197. The van der Waals surface area contributed by atoms with Crippen LogP contribution in [0.1, 0.15) is 48.0 Å². The molecule has 0 aromatic heterocycles. The zero-order chi connectivity index (χ0) is 11.4. The minimum atomic E-state index is -0.334. The van der Waals surface area contributed by atoms with Crippen LogP contribution in [0.4, 0.5) is 4.79 Å². The van der Waals surface area contributed by atoms with Gasteiger partial charge in [0.1, 0.15) is 0 Å². The molecule has 14 heavy (non-hydrogen) atoms. The van der Waals surface area contributed by atoms with Gasteiger partial charge in [-0.1, -0.05) is 20.8 Å². The number of ether oxygens (including phenoxy) is 1. The van der Waals surface area contributed by atoms with Crippen molar-refractivity contribution in [3.8, 4) is 0 Å². The summed E-state index contributed by atoms with van der Waals surface area (Å²) in [6.45, 7) is 12.7. The number of hydrogen-bond acceptors (Lipinski definition) is 2. The predicted octanol–water partition coefficient (Wildman–Crippen LogP) is 2.95. The minimum absolute atomic E-state index is 0.0553. The van der Waals surface area contributed by atoms with E-state index < -0.39 is 0 Å². The summed E-state index contributed by atoms with van der Waals surface area (Å²) in [5, 5.41) is 2.89. The highest BCUT2D eigenvalue weighted by Crippen LogP contribution is 2.33. The first-order valence-electron chi connectivity index (χ1n) is 5.21. The molecule has 0 fully saturated rings. The van der Waals surface area contributed by atoms with Crippen molar-refractivity contribution in [3.05, 3.63) is 0 Å². The van der Waals surface area contributed by atoms with Crippen LogP contribution in [0, 0.1) is 5.41 Å². The van der Waals surface area contributed by atoms with Crippen LogP contribution >= 0.6 is 0 Å². The Balaban J connectivity index is 4.40. The van der Waals surface area contributed by atoms with Crippen molar-refractivity contribution in [1.29, 1.82) is 0 Å². The molecule has 0 aliphatic rings. The molecule has 0 radical (unpaired) electrons. The molecule has 3 heteroatoms. The second-order valence-corrected chi connectivity index (χ2v) is 4.71. The van der Waals surface area contributed by atoms with Gasteiger partial charge in [0.25, 0.3) is 0 Å². The van der Waals surface area contributed by atoms with Crippen molar-refractivity contribution in [2.75, 3.05) is 6.61 Å². The summed E-state index contributed by atoms with van der Waals surface area (Å²) in [5.74, 6) is 0. The van der Waals surface area contributed by atoms with Crippen LogP contribution in [-0.4, -0.2) is 18.2 Å². The molecule has 0 atom stereocenters. The molecule has 0 aromatic rings. The average Bonchev–Trinajstić information content (AvgIpc) is 2.03. The quantitative estimate of drug-likeness (QED) is 0.759. The van der Waals surface area contributed by atoms with Gasteiger partial charge in [0.05, 0.1) is 6.61 Å². The Morgan fingerprint density at radius 2 is 1.71 bits per heavy atom. The van der Waals surface area contributed by atoms with Gasteiger partial charge in [0.15, 0.2) is 0 Å². The Morgan fingerprint density at radius 1 is 1.21 bits per heavy atom. The molecule has 0 aromatic carbocycles. The van der Waals surface area contributed by atoms with Crippen molar-refractivity contribution in [2.24, 2.45) is 5.41 Å². The second-order valence-electron chi connectivity index (χ2n) is 4.71. The van der Waals surface area contributed by atoms with E-state index in [4.69, 9.17) is 4.74 Å². The van der Waals surface area contributed by atoms with E-state index in [0.717, 1.165) is 6.42 Å². The van der Waals surface area contributed by atoms with Crippen LogP contribution in [0.3, 0.4) is 0 Å². The number of nitrogens with one attached hydrogen (secondary N) is 1. The molecule has 0 spiro atoms. The van der Waals surface area contributed by atoms with Crippen molar-refractivity contribution >= 4 is 6.09 Å². The summed E-state index contributed by atoms with van der Waals surface area (Å²) in [6.07, 6.45) is 0.672. The maximum absolute atomic E-state index is 11.3. The lowest BCUT2D eigenvalue weighted by molar-refractivity contribution is 0.106. The summed E-state index contributed by atoms with van der Waals surface area (Å²) in [7, 11) is 0. The van der Waals surface area contributed by atoms with Crippen molar-refractivity contribution in [2.45, 2.75) is 53.5 Å². The zero-order valence-corrected chi connectivity index (χ0v) is 10.2. The molecule has 0 bridgehead atoms. The molecule has 84 valence electrons. The fraction of sp³-hybridized carbons (Fsp3) is 0.909. The standard InChI is InChI=1S/C11H23NO2/c1-7-10(3,4)11(5,6)12-9(13)14-8-2/h7-8H2,1-6H3,(H,12,13). The van der Waals surface area contributed by atoms with Gasteiger partial charge in [-0.2, -0.15) is 0 Å². The van der Waals surface area contributed by atoms with Gasteiger partial charge >= 0.3 is 6.09 Å². The number of carbonyl (C=O) groups is 1. The van der Waals surface area contributed by atoms with Crippen molar-refractivity contribution in [3.63, 3.8) is 0 Å². The predicted molar refractivity (Wildman–Crippen MR) is 58.3 cm³/mol. The molecule has 0 aliphatic heterocycles. The van der Waals surface area contributed by atoms with E-state index in [0.29, 0.717) is 6.61 Å². The van der Waals surface area contributed by atoms with Crippen LogP contribution in [0.2, 0.25) is 0 Å². The van der Waals surface area contributed by atoms with E-state index in [2.05, 4.69) is 26.1 Å². The first-order valence-corrected chi connectivity index (χ1v) is 5.21. The number of amides is 1. The number of carbonyl (C=O) groups excluding carboxylic acids is 1. The number of rotatable bonds is 4. The minimum Gasteiger partial charge on any atom is -0.450 e. The van der Waals surface area contributed by atoms with E-state index in [1.54, 1.807) is 6.92 Å². The van der Waals surface area contributed by atoms with Crippen molar-refractivity contribution in [1.82, 2.24) is 5.32 Å². The highest BCUT2D eigenvalue weighted by atomic mass is 16.5. The maximum Gasteiger partial charge on any atom is 0.407 e. The fourth-order valence-electron chi connectivity index (χ4n) is 1.03. The van der Waals surface area contributed by atoms with Gasteiger partial charge in [0.2, 0.25) is 0 Å². The summed E-state index contributed by atoms with van der Waals surface area (Å²) < 4.78 is 4.87. The molecule has 0 aliphatic carbocycles. The second kappa shape index (κ2) is 4.67. The SMILES string of the molecule is CCOC(=O)NC(C)(C)C(C)(C)CC. The first kappa shape index (κ1) is 13.3. The summed E-state index contributed by atoms with van der Waals surface area (Å²) >= 11 is 0. The normalized spacial score (nSPS) is 12.4. The molecule has 3 nitrogen and oxygen atoms in total. The lowest BCUT2D eigenvalue weighted by atomic mass is 9.73. The Hall–Kier alpha value is -0.730. The molecule has 1 N–H and O–H groups in total. The highest BCUT2D eigenvalue weighted by Gasteiger charge is 2.36. The Labute approximate surface area is 87.2 Å². The van der Waals surface area contributed by atoms with E-state index >= 15 is 0 Å². The molecule has 0 unspecified atom stereocenters. The van der Waals surface area contributed by atoms with Gasteiger partial charge < -0.3 is 10.1 Å². The Morgan fingerprint density at radius 3 is 2.07 bits per heavy atom. The van der Waals surface area contributed by atoms with Crippen LogP contribution in [-0.2, 0) is 4.74 Å². The van der Waals surface area contributed by atoms with Crippen LogP contribution in [0.25, 0.3) is 0 Å². The topological polar surface area (TPSA) is 38.3 Å². The first-order chi connectivity index (χ1) is 6.27.